The number of thiophene rings is 1. The fourth-order valence-electron chi connectivity index (χ4n) is 6.42. The van der Waals surface area contributed by atoms with E-state index in [9.17, 15) is 0 Å². The Morgan fingerprint density at radius 1 is 0.541 bits per heavy atom. The minimum Gasteiger partial charge on any atom is -0.368 e. The molecule has 0 aliphatic heterocycles. The number of nitrogens with zero attached hydrogens (tertiary/aromatic N) is 2. The molecule has 2 N–H and O–H groups in total. The van der Waals surface area contributed by atoms with Gasteiger partial charge in [-0.1, -0.05) is 91.0 Å². The molecule has 0 saturated carbocycles. The van der Waals surface area contributed by atoms with Gasteiger partial charge in [-0.3, -0.25) is 0 Å². The second kappa shape index (κ2) is 7.48. The Bertz CT molecular complexity index is 1790. The fourth-order valence-corrected chi connectivity index (χ4v) is 7.10. The number of hydrogen-bond donors (Lipinski definition) is 1. The summed E-state index contributed by atoms with van der Waals surface area (Å²) in [5.41, 5.74) is 19.0. The zero-order chi connectivity index (χ0) is 24.6. The molecule has 2 heterocycles. The highest BCUT2D eigenvalue weighted by Crippen LogP contribution is 2.62. The Balaban J connectivity index is 1.44. The summed E-state index contributed by atoms with van der Waals surface area (Å²) in [7, 11) is 0. The highest BCUT2D eigenvalue weighted by atomic mass is 32.1. The van der Waals surface area contributed by atoms with Gasteiger partial charge in [0.1, 0.15) is 0 Å². The first-order chi connectivity index (χ1) is 18.2. The molecule has 2 aliphatic carbocycles. The van der Waals surface area contributed by atoms with Crippen LogP contribution in [0.5, 0.6) is 0 Å². The molecule has 0 amide bonds. The molecule has 4 aromatic carbocycles. The molecular formula is C33H21N3S. The number of nitrogens with two attached hydrogens (primary N) is 1. The van der Waals surface area contributed by atoms with Crippen molar-refractivity contribution >= 4 is 17.3 Å². The average molecular weight is 492 g/mol. The largest absolute Gasteiger partial charge is 0.368 e. The van der Waals surface area contributed by atoms with Crippen molar-refractivity contribution < 1.29 is 0 Å². The summed E-state index contributed by atoms with van der Waals surface area (Å²) in [6, 6.07) is 39.5. The number of nitrogen functional groups attached to an aromatic ring is 1. The predicted octanol–water partition coefficient (Wildman–Crippen LogP) is 7.80. The molecule has 4 heteroatoms. The van der Waals surface area contributed by atoms with E-state index in [-0.39, 0.29) is 11.4 Å². The van der Waals surface area contributed by atoms with Crippen LogP contribution in [-0.4, -0.2) is 9.97 Å². The Morgan fingerprint density at radius 3 is 1.70 bits per heavy atom. The number of aromatic nitrogens is 2. The SMILES string of the molecule is Nc1nc(-c2ccc3c(c2)C2(c4ccccc4-c4ccccc42)c2ccccc2-3)cc(-c2cccs2)n1. The van der Waals surface area contributed by atoms with E-state index >= 15 is 0 Å². The lowest BCUT2D eigenvalue weighted by molar-refractivity contribution is 0.794. The van der Waals surface area contributed by atoms with Crippen molar-refractivity contribution in [2.45, 2.75) is 5.41 Å². The van der Waals surface area contributed by atoms with Crippen LogP contribution in [0.15, 0.2) is 115 Å². The predicted molar refractivity (Wildman–Crippen MR) is 151 cm³/mol. The lowest BCUT2D eigenvalue weighted by Gasteiger charge is -2.30. The first-order valence-corrected chi connectivity index (χ1v) is 13.3. The number of fused-ring (bicyclic) bond motifs is 10. The molecule has 0 unspecified atom stereocenters. The van der Waals surface area contributed by atoms with Crippen molar-refractivity contribution in [2.75, 3.05) is 5.73 Å². The molecule has 37 heavy (non-hydrogen) atoms. The molecule has 2 aromatic heterocycles. The van der Waals surface area contributed by atoms with Crippen LogP contribution in [0.25, 0.3) is 44.1 Å². The molecule has 2 aliphatic rings. The quantitative estimate of drug-likeness (QED) is 0.268. The van der Waals surface area contributed by atoms with Crippen LogP contribution < -0.4 is 5.73 Å². The third-order valence-corrected chi connectivity index (χ3v) is 8.70. The van der Waals surface area contributed by atoms with Crippen molar-refractivity contribution in [3.63, 3.8) is 0 Å². The molecule has 0 radical (unpaired) electrons. The summed E-state index contributed by atoms with van der Waals surface area (Å²) in [5, 5.41) is 2.05. The van der Waals surface area contributed by atoms with E-state index in [1.165, 1.54) is 44.5 Å². The van der Waals surface area contributed by atoms with E-state index in [4.69, 9.17) is 5.73 Å². The summed E-state index contributed by atoms with van der Waals surface area (Å²) >= 11 is 1.65. The van der Waals surface area contributed by atoms with E-state index < -0.39 is 0 Å². The van der Waals surface area contributed by atoms with E-state index in [2.05, 4.69) is 118 Å². The minimum atomic E-state index is -0.371. The van der Waals surface area contributed by atoms with Crippen LogP contribution >= 0.6 is 11.3 Å². The first-order valence-electron chi connectivity index (χ1n) is 12.4. The Kier molecular flexibility index (Phi) is 4.17. The van der Waals surface area contributed by atoms with Gasteiger partial charge in [-0.25, -0.2) is 9.97 Å². The summed E-state index contributed by atoms with van der Waals surface area (Å²) in [5.74, 6) is 0.288. The van der Waals surface area contributed by atoms with Crippen molar-refractivity contribution in [3.05, 3.63) is 137 Å². The second-order valence-electron chi connectivity index (χ2n) is 9.62. The minimum absolute atomic E-state index is 0.288. The summed E-state index contributed by atoms with van der Waals surface area (Å²) in [6.07, 6.45) is 0. The molecule has 6 aromatic rings. The molecule has 0 bridgehead atoms. The summed E-state index contributed by atoms with van der Waals surface area (Å²) < 4.78 is 0. The van der Waals surface area contributed by atoms with E-state index in [0.29, 0.717) is 0 Å². The molecule has 8 rings (SSSR count). The highest BCUT2D eigenvalue weighted by molar-refractivity contribution is 7.13. The van der Waals surface area contributed by atoms with Gasteiger partial charge >= 0.3 is 0 Å². The smallest absolute Gasteiger partial charge is 0.221 e. The van der Waals surface area contributed by atoms with Crippen molar-refractivity contribution in [2.24, 2.45) is 0 Å². The van der Waals surface area contributed by atoms with E-state index in [1.54, 1.807) is 11.3 Å². The summed E-state index contributed by atoms with van der Waals surface area (Å²) in [6.45, 7) is 0. The standard InChI is InChI=1S/C33H21N3S/c34-32-35-29(19-30(36-32)31-14-7-17-37-31)20-15-16-24-23-10-3-6-13-27(23)33(28(24)18-20)25-11-4-1-8-21(25)22-9-2-5-12-26(22)33/h1-19H,(H2,34,35,36). The van der Waals surface area contributed by atoms with Crippen LogP contribution in [0.1, 0.15) is 22.3 Å². The molecule has 1 spiro atoms. The van der Waals surface area contributed by atoms with Gasteiger partial charge in [-0.2, -0.15) is 0 Å². The molecular weight excluding hydrogens is 470 g/mol. The van der Waals surface area contributed by atoms with Gasteiger partial charge in [0, 0.05) is 5.56 Å². The van der Waals surface area contributed by atoms with Gasteiger partial charge in [-0.05, 0) is 68.1 Å². The number of rotatable bonds is 2. The summed E-state index contributed by atoms with van der Waals surface area (Å²) in [4.78, 5) is 10.3. The van der Waals surface area contributed by atoms with Gasteiger partial charge in [0.15, 0.2) is 0 Å². The van der Waals surface area contributed by atoms with Gasteiger partial charge in [0.05, 0.1) is 21.7 Å². The Morgan fingerprint density at radius 2 is 1.11 bits per heavy atom. The normalized spacial score (nSPS) is 13.7. The van der Waals surface area contributed by atoms with Gasteiger partial charge < -0.3 is 5.73 Å². The Hall–Kier alpha value is -4.54. The van der Waals surface area contributed by atoms with Gasteiger partial charge in [0.25, 0.3) is 0 Å². The third-order valence-electron chi connectivity index (χ3n) is 7.81. The van der Waals surface area contributed by atoms with Crippen molar-refractivity contribution in [3.8, 4) is 44.1 Å². The first kappa shape index (κ1) is 20.6. The van der Waals surface area contributed by atoms with Gasteiger partial charge in [-0.15, -0.1) is 11.3 Å². The van der Waals surface area contributed by atoms with Crippen molar-refractivity contribution in [1.29, 1.82) is 0 Å². The van der Waals surface area contributed by atoms with E-state index in [0.717, 1.165) is 21.8 Å². The van der Waals surface area contributed by atoms with Crippen LogP contribution in [0, 0.1) is 0 Å². The molecule has 3 nitrogen and oxygen atoms in total. The monoisotopic (exact) mass is 491 g/mol. The lowest BCUT2D eigenvalue weighted by Crippen LogP contribution is -2.25. The number of hydrogen-bond acceptors (Lipinski definition) is 4. The van der Waals surface area contributed by atoms with Crippen LogP contribution in [-0.2, 0) is 5.41 Å². The van der Waals surface area contributed by atoms with Crippen molar-refractivity contribution in [1.82, 2.24) is 9.97 Å². The van der Waals surface area contributed by atoms with Crippen LogP contribution in [0.2, 0.25) is 0 Å². The van der Waals surface area contributed by atoms with Crippen LogP contribution in [0.3, 0.4) is 0 Å². The third kappa shape index (κ3) is 2.71. The van der Waals surface area contributed by atoms with E-state index in [1.807, 2.05) is 6.07 Å². The zero-order valence-corrected chi connectivity index (χ0v) is 20.7. The van der Waals surface area contributed by atoms with Crippen LogP contribution in [0.4, 0.5) is 5.95 Å². The Labute approximate surface area is 218 Å². The maximum Gasteiger partial charge on any atom is 0.221 e. The topological polar surface area (TPSA) is 51.8 Å². The molecule has 0 saturated heterocycles. The fraction of sp³-hybridized carbons (Fsp3) is 0.0303. The molecule has 174 valence electrons. The average Bonchev–Trinajstić information content (AvgIpc) is 3.65. The maximum absolute atomic E-state index is 6.21. The highest BCUT2D eigenvalue weighted by Gasteiger charge is 2.51. The molecule has 0 fully saturated rings. The molecule has 0 atom stereocenters. The lowest BCUT2D eigenvalue weighted by atomic mass is 9.70. The number of benzene rings is 4. The second-order valence-corrected chi connectivity index (χ2v) is 10.6. The van der Waals surface area contributed by atoms with Gasteiger partial charge in [0.2, 0.25) is 5.95 Å². The number of anilines is 1. The maximum atomic E-state index is 6.21. The zero-order valence-electron chi connectivity index (χ0n) is 19.8.